The molecule has 1 heterocycles. The quantitative estimate of drug-likeness (QED) is 0.141. The Bertz CT molecular complexity index is 3300. The van der Waals surface area contributed by atoms with Gasteiger partial charge in [0.1, 0.15) is 0 Å². The summed E-state index contributed by atoms with van der Waals surface area (Å²) in [5.74, 6) is 0. The highest BCUT2D eigenvalue weighted by Gasteiger charge is 2.22. The molecule has 0 atom stereocenters. The first-order chi connectivity index (χ1) is 30.8. The minimum Gasteiger partial charge on any atom is -0.310 e. The van der Waals surface area contributed by atoms with Gasteiger partial charge in [0.05, 0.1) is 22.4 Å². The van der Waals surface area contributed by atoms with Crippen molar-refractivity contribution in [3.63, 3.8) is 0 Å². The van der Waals surface area contributed by atoms with Crippen molar-refractivity contribution in [2.45, 2.75) is 0 Å². The van der Waals surface area contributed by atoms with E-state index < -0.39 is 0 Å². The minimum atomic E-state index is 1.08. The summed E-state index contributed by atoms with van der Waals surface area (Å²) < 4.78 is 2.46. The molecule has 0 aliphatic carbocycles. The second-order valence-corrected chi connectivity index (χ2v) is 15.7. The van der Waals surface area contributed by atoms with E-state index in [9.17, 15) is 0 Å². The summed E-state index contributed by atoms with van der Waals surface area (Å²) >= 11 is 0. The lowest BCUT2D eigenvalue weighted by Crippen LogP contribution is -2.11. The smallest absolute Gasteiger partial charge is 0.0562 e. The highest BCUT2D eigenvalue weighted by Crippen LogP contribution is 2.45. The molecular weight excluding hydrogens is 749 g/mol. The van der Waals surface area contributed by atoms with Crippen molar-refractivity contribution in [2.24, 2.45) is 0 Å². The third-order valence-electron chi connectivity index (χ3n) is 12.0. The van der Waals surface area contributed by atoms with Gasteiger partial charge in [0.25, 0.3) is 0 Å². The summed E-state index contributed by atoms with van der Waals surface area (Å²) in [5.41, 5.74) is 18.6. The van der Waals surface area contributed by atoms with E-state index in [1.165, 1.54) is 60.8 Å². The summed E-state index contributed by atoms with van der Waals surface area (Å²) in [6.07, 6.45) is 0. The van der Waals surface area contributed by atoms with Gasteiger partial charge >= 0.3 is 0 Å². The van der Waals surface area contributed by atoms with E-state index in [1.54, 1.807) is 0 Å². The Labute approximate surface area is 362 Å². The van der Waals surface area contributed by atoms with Gasteiger partial charge < -0.3 is 9.47 Å². The van der Waals surface area contributed by atoms with Gasteiger partial charge in [-0.15, -0.1) is 0 Å². The van der Waals surface area contributed by atoms with Crippen LogP contribution in [0, 0.1) is 0 Å². The van der Waals surface area contributed by atoms with Crippen LogP contribution in [0.25, 0.3) is 83.1 Å². The molecule has 0 N–H and O–H groups in total. The number of hydrogen-bond acceptors (Lipinski definition) is 1. The summed E-state index contributed by atoms with van der Waals surface area (Å²) in [7, 11) is 0. The third kappa shape index (κ3) is 6.84. The van der Waals surface area contributed by atoms with Crippen LogP contribution in [-0.4, -0.2) is 4.57 Å². The molecule has 0 aliphatic rings. The van der Waals surface area contributed by atoms with Crippen LogP contribution in [0.4, 0.5) is 17.1 Å². The van der Waals surface area contributed by atoms with Crippen molar-refractivity contribution >= 4 is 38.9 Å². The second kappa shape index (κ2) is 16.1. The van der Waals surface area contributed by atoms with Crippen molar-refractivity contribution in [3.8, 4) is 61.3 Å². The fraction of sp³-hybridized carbons (Fsp3) is 0. The number of nitrogens with zero attached hydrogens (tertiary/aromatic N) is 2. The van der Waals surface area contributed by atoms with E-state index in [2.05, 4.69) is 264 Å². The fourth-order valence-corrected chi connectivity index (χ4v) is 8.99. The van der Waals surface area contributed by atoms with Crippen LogP contribution in [0.15, 0.2) is 255 Å². The zero-order valence-electron chi connectivity index (χ0n) is 34.1. The Kier molecular flexibility index (Phi) is 9.57. The molecule has 2 heteroatoms. The number of rotatable bonds is 9. The van der Waals surface area contributed by atoms with Crippen LogP contribution in [0.1, 0.15) is 0 Å². The molecule has 0 amide bonds. The third-order valence-corrected chi connectivity index (χ3v) is 12.0. The molecule has 0 radical (unpaired) electrons. The molecule has 0 saturated carbocycles. The molecule has 0 unspecified atom stereocenters. The first-order valence-electron chi connectivity index (χ1n) is 21.3. The van der Waals surface area contributed by atoms with E-state index in [0.29, 0.717) is 0 Å². The summed E-state index contributed by atoms with van der Waals surface area (Å²) in [6, 6.07) is 92.1. The van der Waals surface area contributed by atoms with Gasteiger partial charge in [-0.3, -0.25) is 0 Å². The molecule has 10 aromatic carbocycles. The van der Waals surface area contributed by atoms with E-state index in [0.717, 1.165) is 39.4 Å². The Morgan fingerprint density at radius 2 is 0.710 bits per heavy atom. The molecule has 11 aromatic rings. The van der Waals surface area contributed by atoms with Crippen molar-refractivity contribution in [1.82, 2.24) is 4.57 Å². The predicted molar refractivity (Wildman–Crippen MR) is 263 cm³/mol. The summed E-state index contributed by atoms with van der Waals surface area (Å²) in [4.78, 5) is 2.42. The molecule has 0 aliphatic heterocycles. The topological polar surface area (TPSA) is 8.17 Å². The lowest BCUT2D eigenvalue weighted by atomic mass is 9.95. The monoisotopic (exact) mass is 790 g/mol. The van der Waals surface area contributed by atoms with E-state index in [-0.39, 0.29) is 0 Å². The van der Waals surface area contributed by atoms with Crippen LogP contribution in [0.2, 0.25) is 0 Å². The standard InChI is InChI=1S/C60H42N2/c1-5-17-43(18-6-1)45-29-31-47(32-30-45)50-37-40-59(56(41-50)48-21-9-3-10-22-48)61(51-23-11-4-12-24-51)52-38-39-55-54-26-14-16-28-58(54)62(60(55)42-52)57-27-15-13-25-53(57)49-35-33-46(34-36-49)44-19-7-2-8-20-44/h1-42H. The van der Waals surface area contributed by atoms with Crippen molar-refractivity contribution in [3.05, 3.63) is 255 Å². The SMILES string of the molecule is c1ccc(-c2ccc(-c3ccc(N(c4ccccc4)c4ccc5c6ccccc6n(-c6ccccc6-c6ccc(-c7ccccc7)cc6)c5c4)c(-c4ccccc4)c3)cc2)cc1. The lowest BCUT2D eigenvalue weighted by Gasteiger charge is -2.28. The van der Waals surface area contributed by atoms with Gasteiger partial charge in [0.2, 0.25) is 0 Å². The van der Waals surface area contributed by atoms with E-state index in [1.807, 2.05) is 0 Å². The number of para-hydroxylation sites is 3. The first kappa shape index (κ1) is 36.8. The van der Waals surface area contributed by atoms with Crippen molar-refractivity contribution in [1.29, 1.82) is 0 Å². The number of fused-ring (bicyclic) bond motifs is 3. The first-order valence-corrected chi connectivity index (χ1v) is 21.3. The summed E-state index contributed by atoms with van der Waals surface area (Å²) in [6.45, 7) is 0. The Balaban J connectivity index is 1.08. The van der Waals surface area contributed by atoms with Gasteiger partial charge in [-0.25, -0.2) is 0 Å². The van der Waals surface area contributed by atoms with Crippen LogP contribution >= 0.6 is 0 Å². The number of benzene rings is 10. The summed E-state index contributed by atoms with van der Waals surface area (Å²) in [5, 5.41) is 2.44. The Morgan fingerprint density at radius 1 is 0.258 bits per heavy atom. The molecule has 11 rings (SSSR count). The van der Waals surface area contributed by atoms with Crippen LogP contribution in [0.3, 0.4) is 0 Å². The normalized spacial score (nSPS) is 11.2. The highest BCUT2D eigenvalue weighted by molar-refractivity contribution is 6.11. The largest absolute Gasteiger partial charge is 0.310 e. The molecule has 0 bridgehead atoms. The number of anilines is 3. The molecule has 292 valence electrons. The maximum absolute atomic E-state index is 2.46. The molecule has 1 aromatic heterocycles. The maximum Gasteiger partial charge on any atom is 0.0562 e. The molecule has 0 spiro atoms. The van der Waals surface area contributed by atoms with Gasteiger partial charge in [-0.2, -0.15) is 0 Å². The molecule has 0 fully saturated rings. The van der Waals surface area contributed by atoms with Crippen molar-refractivity contribution < 1.29 is 0 Å². The minimum absolute atomic E-state index is 1.08. The predicted octanol–water partition coefficient (Wildman–Crippen LogP) is 16.6. The van der Waals surface area contributed by atoms with Gasteiger partial charge in [-0.1, -0.05) is 206 Å². The highest BCUT2D eigenvalue weighted by atomic mass is 15.1. The molecular formula is C60H42N2. The zero-order valence-corrected chi connectivity index (χ0v) is 34.1. The molecule has 2 nitrogen and oxygen atoms in total. The Morgan fingerprint density at radius 3 is 1.35 bits per heavy atom. The van der Waals surface area contributed by atoms with Crippen LogP contribution in [-0.2, 0) is 0 Å². The average Bonchev–Trinajstić information content (AvgIpc) is 3.69. The zero-order chi connectivity index (χ0) is 41.2. The second-order valence-electron chi connectivity index (χ2n) is 15.7. The Hall–Kier alpha value is -8.20. The number of aromatic nitrogens is 1. The van der Waals surface area contributed by atoms with Crippen LogP contribution in [0.5, 0.6) is 0 Å². The lowest BCUT2D eigenvalue weighted by molar-refractivity contribution is 1.18. The van der Waals surface area contributed by atoms with E-state index >= 15 is 0 Å². The van der Waals surface area contributed by atoms with E-state index in [4.69, 9.17) is 0 Å². The number of hydrogen-bond donors (Lipinski definition) is 0. The van der Waals surface area contributed by atoms with Gasteiger partial charge in [0.15, 0.2) is 0 Å². The van der Waals surface area contributed by atoms with Crippen LogP contribution < -0.4 is 4.90 Å². The van der Waals surface area contributed by atoms with Crippen molar-refractivity contribution in [2.75, 3.05) is 4.90 Å². The molecule has 0 saturated heterocycles. The maximum atomic E-state index is 2.46. The fourth-order valence-electron chi connectivity index (χ4n) is 8.99. The van der Waals surface area contributed by atoms with Gasteiger partial charge in [0, 0.05) is 33.3 Å². The molecule has 62 heavy (non-hydrogen) atoms. The average molecular weight is 791 g/mol. The van der Waals surface area contributed by atoms with Gasteiger partial charge in [-0.05, 0) is 93.0 Å².